The molecule has 0 saturated carbocycles. The third-order valence-electron chi connectivity index (χ3n) is 5.50. The number of rotatable bonds is 9. The second-order valence-corrected chi connectivity index (χ2v) is 8.41. The van der Waals surface area contributed by atoms with Gasteiger partial charge in [0.2, 0.25) is 0 Å². The van der Waals surface area contributed by atoms with Crippen molar-refractivity contribution in [1.82, 2.24) is 4.90 Å². The van der Waals surface area contributed by atoms with Gasteiger partial charge in [-0.25, -0.2) is 0 Å². The number of nitrogens with zero attached hydrogens (tertiary/aromatic N) is 1. The lowest BCUT2D eigenvalue weighted by atomic mass is 9.89. The first-order valence-electron chi connectivity index (χ1n) is 10.1. The first-order valence-corrected chi connectivity index (χ1v) is 10.8. The Balaban J connectivity index is 0.00000320. The van der Waals surface area contributed by atoms with Crippen molar-refractivity contribution < 1.29 is 14.6 Å². The number of hydrogen-bond donors (Lipinski definition) is 1. The van der Waals surface area contributed by atoms with Crippen LogP contribution in [0.15, 0.2) is 48.5 Å². The maximum Gasteiger partial charge on any atom is 0.307 e. The molecule has 1 aliphatic rings. The van der Waals surface area contributed by atoms with E-state index in [-0.39, 0.29) is 24.2 Å². The Bertz CT molecular complexity index is 738. The second-order valence-electron chi connectivity index (χ2n) is 7.53. The molecule has 2 aromatic rings. The van der Waals surface area contributed by atoms with Gasteiger partial charge < -0.3 is 14.7 Å². The van der Waals surface area contributed by atoms with Crippen LogP contribution in [0.25, 0.3) is 0 Å². The number of carbonyl (C=O) groups is 1. The van der Waals surface area contributed by atoms with Gasteiger partial charge in [0, 0.05) is 35.7 Å². The van der Waals surface area contributed by atoms with E-state index < -0.39 is 5.97 Å². The standard InChI is InChI=1S/C23H27Cl2NO3.ClH/c24-20-7-3-17(4-8-20)22(18-5-9-21(25)10-6-18)11-14-29-15-13-26-12-1-2-19(16-26)23(27)28;/h3-10,19,22H,1-2,11-16H2,(H,27,28);1H/t19-;/m1./s1. The molecule has 0 radical (unpaired) electrons. The van der Waals surface area contributed by atoms with Crippen molar-refractivity contribution in [2.24, 2.45) is 5.92 Å². The molecular formula is C23H28Cl3NO3. The monoisotopic (exact) mass is 471 g/mol. The molecule has 164 valence electrons. The number of ether oxygens (including phenoxy) is 1. The lowest BCUT2D eigenvalue weighted by molar-refractivity contribution is -0.143. The molecule has 2 aromatic carbocycles. The first-order chi connectivity index (χ1) is 14.0. The van der Waals surface area contributed by atoms with Crippen LogP contribution in [0.3, 0.4) is 0 Å². The van der Waals surface area contributed by atoms with Crippen LogP contribution in [-0.4, -0.2) is 48.8 Å². The molecule has 0 spiro atoms. The van der Waals surface area contributed by atoms with Crippen LogP contribution in [0.2, 0.25) is 10.0 Å². The molecule has 1 N–H and O–H groups in total. The normalized spacial score (nSPS) is 17.0. The highest BCUT2D eigenvalue weighted by Crippen LogP contribution is 2.30. The molecular weight excluding hydrogens is 445 g/mol. The largest absolute Gasteiger partial charge is 0.481 e. The molecule has 0 amide bonds. The van der Waals surface area contributed by atoms with Crippen molar-refractivity contribution in [3.63, 3.8) is 0 Å². The Hall–Kier alpha value is -1.30. The molecule has 0 unspecified atom stereocenters. The van der Waals surface area contributed by atoms with E-state index in [0.29, 0.717) is 19.8 Å². The van der Waals surface area contributed by atoms with Crippen molar-refractivity contribution in [3.05, 3.63) is 69.7 Å². The number of carboxylic acids is 1. The van der Waals surface area contributed by atoms with Gasteiger partial charge in [-0.15, -0.1) is 12.4 Å². The Morgan fingerprint density at radius 3 is 2.13 bits per heavy atom. The summed E-state index contributed by atoms with van der Waals surface area (Å²) in [7, 11) is 0. The summed E-state index contributed by atoms with van der Waals surface area (Å²) in [6.07, 6.45) is 2.56. The smallest absolute Gasteiger partial charge is 0.307 e. The minimum absolute atomic E-state index is 0. The van der Waals surface area contributed by atoms with Gasteiger partial charge in [0.15, 0.2) is 0 Å². The van der Waals surface area contributed by atoms with Gasteiger partial charge in [0.25, 0.3) is 0 Å². The topological polar surface area (TPSA) is 49.8 Å². The predicted molar refractivity (Wildman–Crippen MR) is 124 cm³/mol. The third-order valence-corrected chi connectivity index (χ3v) is 6.01. The summed E-state index contributed by atoms with van der Waals surface area (Å²) in [6.45, 7) is 3.59. The van der Waals surface area contributed by atoms with E-state index in [0.717, 1.165) is 42.4 Å². The summed E-state index contributed by atoms with van der Waals surface area (Å²) in [4.78, 5) is 13.4. The minimum atomic E-state index is -0.690. The predicted octanol–water partition coefficient (Wildman–Crippen LogP) is 5.75. The van der Waals surface area contributed by atoms with Gasteiger partial charge >= 0.3 is 5.97 Å². The van der Waals surface area contributed by atoms with Gasteiger partial charge in [-0.3, -0.25) is 4.79 Å². The molecule has 1 atom stereocenters. The molecule has 30 heavy (non-hydrogen) atoms. The van der Waals surface area contributed by atoms with E-state index in [2.05, 4.69) is 29.2 Å². The van der Waals surface area contributed by atoms with E-state index in [9.17, 15) is 9.90 Å². The van der Waals surface area contributed by atoms with Crippen molar-refractivity contribution in [2.45, 2.75) is 25.2 Å². The average molecular weight is 473 g/mol. The van der Waals surface area contributed by atoms with E-state index in [1.807, 2.05) is 24.3 Å². The second kappa shape index (κ2) is 12.5. The van der Waals surface area contributed by atoms with Crippen LogP contribution < -0.4 is 0 Å². The SMILES string of the molecule is Cl.O=C(O)[C@@H]1CCCN(CCOCCC(c2ccc(Cl)cc2)c2ccc(Cl)cc2)C1. The fraction of sp³-hybridized carbons (Fsp3) is 0.435. The molecule has 1 heterocycles. The fourth-order valence-electron chi connectivity index (χ4n) is 3.87. The maximum absolute atomic E-state index is 11.2. The molecule has 1 fully saturated rings. The first kappa shape index (κ1) is 25.0. The number of likely N-dealkylation sites (tertiary alicyclic amines) is 1. The Kier molecular flexibility index (Phi) is 10.4. The Morgan fingerprint density at radius 1 is 1.03 bits per heavy atom. The summed E-state index contributed by atoms with van der Waals surface area (Å²) in [5.74, 6) is -0.733. The molecule has 0 bridgehead atoms. The van der Waals surface area contributed by atoms with Crippen LogP contribution in [-0.2, 0) is 9.53 Å². The number of aliphatic carboxylic acids is 1. The van der Waals surface area contributed by atoms with Crippen LogP contribution >= 0.6 is 35.6 Å². The molecule has 0 aromatic heterocycles. The van der Waals surface area contributed by atoms with Crippen molar-refractivity contribution in [1.29, 1.82) is 0 Å². The zero-order valence-corrected chi connectivity index (χ0v) is 19.1. The van der Waals surface area contributed by atoms with Crippen molar-refractivity contribution in [3.8, 4) is 0 Å². The number of piperidine rings is 1. The number of halogens is 3. The molecule has 7 heteroatoms. The minimum Gasteiger partial charge on any atom is -0.481 e. The lowest BCUT2D eigenvalue weighted by Gasteiger charge is -2.30. The molecule has 1 saturated heterocycles. The van der Waals surface area contributed by atoms with Crippen LogP contribution in [0.1, 0.15) is 36.3 Å². The highest BCUT2D eigenvalue weighted by molar-refractivity contribution is 6.30. The van der Waals surface area contributed by atoms with E-state index in [4.69, 9.17) is 27.9 Å². The average Bonchev–Trinajstić information content (AvgIpc) is 2.73. The van der Waals surface area contributed by atoms with E-state index >= 15 is 0 Å². The van der Waals surface area contributed by atoms with E-state index in [1.54, 1.807) is 0 Å². The summed E-state index contributed by atoms with van der Waals surface area (Å²) >= 11 is 12.1. The zero-order valence-electron chi connectivity index (χ0n) is 16.8. The Morgan fingerprint density at radius 2 is 1.60 bits per heavy atom. The van der Waals surface area contributed by atoms with E-state index in [1.165, 1.54) is 11.1 Å². The van der Waals surface area contributed by atoms with Gasteiger partial charge in [0.1, 0.15) is 0 Å². The summed E-state index contributed by atoms with van der Waals surface area (Å²) in [6, 6.07) is 15.9. The Labute approximate surface area is 194 Å². The fourth-order valence-corrected chi connectivity index (χ4v) is 4.13. The van der Waals surface area contributed by atoms with Gasteiger partial charge in [-0.05, 0) is 61.2 Å². The van der Waals surface area contributed by atoms with Gasteiger partial charge in [-0.1, -0.05) is 47.5 Å². The third kappa shape index (κ3) is 7.44. The van der Waals surface area contributed by atoms with Crippen LogP contribution in [0.4, 0.5) is 0 Å². The van der Waals surface area contributed by atoms with Crippen molar-refractivity contribution >= 4 is 41.6 Å². The maximum atomic E-state index is 11.2. The quantitative estimate of drug-likeness (QED) is 0.472. The van der Waals surface area contributed by atoms with Crippen LogP contribution in [0.5, 0.6) is 0 Å². The van der Waals surface area contributed by atoms with Crippen LogP contribution in [0, 0.1) is 5.92 Å². The van der Waals surface area contributed by atoms with Gasteiger partial charge in [0.05, 0.1) is 12.5 Å². The zero-order chi connectivity index (χ0) is 20.6. The molecule has 4 nitrogen and oxygen atoms in total. The highest BCUT2D eigenvalue weighted by atomic mass is 35.5. The number of carboxylic acid groups (broad SMARTS) is 1. The molecule has 0 aliphatic carbocycles. The number of benzene rings is 2. The summed E-state index contributed by atoms with van der Waals surface area (Å²) in [5.41, 5.74) is 2.39. The number of hydrogen-bond acceptors (Lipinski definition) is 3. The highest BCUT2D eigenvalue weighted by Gasteiger charge is 2.24. The molecule has 3 rings (SSSR count). The summed E-state index contributed by atoms with van der Waals surface area (Å²) in [5, 5.41) is 10.6. The van der Waals surface area contributed by atoms with Crippen molar-refractivity contribution in [2.75, 3.05) is 32.8 Å². The van der Waals surface area contributed by atoms with Gasteiger partial charge in [-0.2, -0.15) is 0 Å². The summed E-state index contributed by atoms with van der Waals surface area (Å²) < 4.78 is 5.91. The lowest BCUT2D eigenvalue weighted by Crippen LogP contribution is -2.40. The molecule has 1 aliphatic heterocycles.